The second-order valence-electron chi connectivity index (χ2n) is 5.50. The van der Waals surface area contributed by atoms with E-state index in [2.05, 4.69) is 6.92 Å². The maximum Gasteiger partial charge on any atom is 0.122 e. The highest BCUT2D eigenvalue weighted by atomic mass is 35.5. The smallest absolute Gasteiger partial charge is 0.122 e. The van der Waals surface area contributed by atoms with Crippen molar-refractivity contribution >= 4 is 11.6 Å². The van der Waals surface area contributed by atoms with Gasteiger partial charge in [-0.1, -0.05) is 24.9 Å². The average molecular weight is 268 g/mol. The third-order valence-electron chi connectivity index (χ3n) is 4.04. The maximum absolute atomic E-state index is 6.35. The van der Waals surface area contributed by atoms with Crippen molar-refractivity contribution in [2.75, 3.05) is 7.11 Å². The van der Waals surface area contributed by atoms with Crippen LogP contribution >= 0.6 is 11.6 Å². The van der Waals surface area contributed by atoms with E-state index >= 15 is 0 Å². The van der Waals surface area contributed by atoms with Gasteiger partial charge in [-0.15, -0.1) is 0 Å². The summed E-state index contributed by atoms with van der Waals surface area (Å²) in [5.41, 5.74) is 7.47. The third-order valence-corrected chi connectivity index (χ3v) is 4.27. The molecule has 2 nitrogen and oxygen atoms in total. The lowest BCUT2D eigenvalue weighted by molar-refractivity contribution is 0.390. The van der Waals surface area contributed by atoms with Crippen LogP contribution in [0.15, 0.2) is 18.2 Å². The molecule has 0 bridgehead atoms. The van der Waals surface area contributed by atoms with Crippen LogP contribution in [0.25, 0.3) is 0 Å². The Morgan fingerprint density at radius 3 is 2.83 bits per heavy atom. The zero-order chi connectivity index (χ0) is 13.1. The molecule has 3 heteroatoms. The normalized spacial score (nSPS) is 25.1. The van der Waals surface area contributed by atoms with E-state index in [0.717, 1.165) is 28.7 Å². The fraction of sp³-hybridized carbons (Fsp3) is 0.600. The van der Waals surface area contributed by atoms with Gasteiger partial charge in [0.15, 0.2) is 0 Å². The molecule has 0 heterocycles. The minimum atomic E-state index is 0.210. The number of methoxy groups -OCH3 is 1. The predicted molar refractivity (Wildman–Crippen MR) is 76.2 cm³/mol. The summed E-state index contributed by atoms with van der Waals surface area (Å²) in [6.45, 7) is 2.31. The van der Waals surface area contributed by atoms with E-state index in [9.17, 15) is 0 Å². The van der Waals surface area contributed by atoms with Crippen LogP contribution in [-0.4, -0.2) is 13.2 Å². The van der Waals surface area contributed by atoms with Crippen molar-refractivity contribution in [3.63, 3.8) is 0 Å². The summed E-state index contributed by atoms with van der Waals surface area (Å²) in [6, 6.07) is 5.95. The molecule has 3 atom stereocenters. The molecule has 100 valence electrons. The number of ether oxygens (including phenoxy) is 1. The Labute approximate surface area is 114 Å². The van der Waals surface area contributed by atoms with E-state index in [4.69, 9.17) is 22.1 Å². The molecule has 2 rings (SSSR count). The van der Waals surface area contributed by atoms with Gasteiger partial charge in [-0.25, -0.2) is 0 Å². The number of benzene rings is 1. The Kier molecular flexibility index (Phi) is 4.52. The monoisotopic (exact) mass is 267 g/mol. The van der Waals surface area contributed by atoms with Crippen molar-refractivity contribution in [2.45, 2.75) is 38.6 Å². The van der Waals surface area contributed by atoms with E-state index in [1.807, 2.05) is 18.2 Å². The molecule has 1 saturated carbocycles. The highest BCUT2D eigenvalue weighted by molar-refractivity contribution is 6.30. The first-order valence-electron chi connectivity index (χ1n) is 6.68. The molecule has 1 aromatic carbocycles. The Morgan fingerprint density at radius 1 is 1.44 bits per heavy atom. The molecule has 0 saturated heterocycles. The van der Waals surface area contributed by atoms with Crippen molar-refractivity contribution < 1.29 is 4.74 Å². The summed E-state index contributed by atoms with van der Waals surface area (Å²) in [4.78, 5) is 0. The van der Waals surface area contributed by atoms with Gasteiger partial charge in [0.25, 0.3) is 0 Å². The lowest BCUT2D eigenvalue weighted by Gasteiger charge is -2.20. The van der Waals surface area contributed by atoms with Crippen LogP contribution in [0.1, 0.15) is 31.7 Å². The van der Waals surface area contributed by atoms with Gasteiger partial charge in [0.2, 0.25) is 0 Å². The molecule has 0 aliphatic heterocycles. The summed E-state index contributed by atoms with van der Waals surface area (Å²) >= 11 is 6.04. The second kappa shape index (κ2) is 5.94. The van der Waals surface area contributed by atoms with Crippen LogP contribution in [0.4, 0.5) is 0 Å². The van der Waals surface area contributed by atoms with Gasteiger partial charge < -0.3 is 10.5 Å². The molecule has 0 spiro atoms. The molecule has 1 aromatic rings. The van der Waals surface area contributed by atoms with E-state index in [0.29, 0.717) is 5.92 Å². The SMILES string of the molecule is COc1ccc(Cl)cc1CC(N)C1CCC(C)C1. The fourth-order valence-corrected chi connectivity index (χ4v) is 3.16. The molecule has 2 N–H and O–H groups in total. The first-order valence-corrected chi connectivity index (χ1v) is 7.06. The molecule has 1 aliphatic carbocycles. The standard InChI is InChI=1S/C15H22ClNO/c1-10-3-4-11(7-10)14(17)9-12-8-13(16)5-6-15(12)18-2/h5-6,8,10-11,14H,3-4,7,9,17H2,1-2H3. The molecule has 3 unspecified atom stereocenters. The fourth-order valence-electron chi connectivity index (χ4n) is 2.97. The lowest BCUT2D eigenvalue weighted by Crippen LogP contribution is -2.31. The van der Waals surface area contributed by atoms with Crippen molar-refractivity contribution in [3.8, 4) is 5.75 Å². The van der Waals surface area contributed by atoms with Crippen molar-refractivity contribution in [3.05, 3.63) is 28.8 Å². The molecule has 1 fully saturated rings. The highest BCUT2D eigenvalue weighted by Gasteiger charge is 2.27. The zero-order valence-corrected chi connectivity index (χ0v) is 11.9. The molecule has 1 aliphatic rings. The second-order valence-corrected chi connectivity index (χ2v) is 5.94. The van der Waals surface area contributed by atoms with Crippen molar-refractivity contribution in [1.82, 2.24) is 0 Å². The molecule has 0 radical (unpaired) electrons. The summed E-state index contributed by atoms with van der Waals surface area (Å²) in [6.07, 6.45) is 4.67. The number of hydrogen-bond acceptors (Lipinski definition) is 2. The Balaban J connectivity index is 2.06. The number of nitrogens with two attached hydrogens (primary N) is 1. The Morgan fingerprint density at radius 2 is 2.22 bits per heavy atom. The summed E-state index contributed by atoms with van der Waals surface area (Å²) in [5, 5.41) is 0.748. The van der Waals surface area contributed by atoms with Gasteiger partial charge >= 0.3 is 0 Å². The van der Waals surface area contributed by atoms with Crippen LogP contribution in [0.2, 0.25) is 5.02 Å². The van der Waals surface area contributed by atoms with Gasteiger partial charge in [0.05, 0.1) is 7.11 Å². The van der Waals surface area contributed by atoms with Crippen LogP contribution in [-0.2, 0) is 6.42 Å². The minimum Gasteiger partial charge on any atom is -0.496 e. The minimum absolute atomic E-state index is 0.210. The number of halogens is 1. The molecule has 0 amide bonds. The quantitative estimate of drug-likeness (QED) is 0.904. The average Bonchev–Trinajstić information content (AvgIpc) is 2.76. The summed E-state index contributed by atoms with van der Waals surface area (Å²) in [7, 11) is 1.69. The van der Waals surface area contributed by atoms with Crippen molar-refractivity contribution in [1.29, 1.82) is 0 Å². The molecular formula is C15H22ClNO. The van der Waals surface area contributed by atoms with Gasteiger partial charge in [-0.3, -0.25) is 0 Å². The van der Waals surface area contributed by atoms with E-state index < -0.39 is 0 Å². The first kappa shape index (κ1) is 13.7. The predicted octanol–water partition coefficient (Wildman–Crippen LogP) is 3.65. The molecule has 18 heavy (non-hydrogen) atoms. The number of hydrogen-bond donors (Lipinski definition) is 1. The van der Waals surface area contributed by atoms with Crippen LogP contribution in [0.5, 0.6) is 5.75 Å². The van der Waals surface area contributed by atoms with E-state index in [1.165, 1.54) is 19.3 Å². The topological polar surface area (TPSA) is 35.2 Å². The van der Waals surface area contributed by atoms with E-state index in [1.54, 1.807) is 7.11 Å². The lowest BCUT2D eigenvalue weighted by atomic mass is 9.92. The Bertz CT molecular complexity index is 407. The van der Waals surface area contributed by atoms with Gasteiger partial charge in [-0.2, -0.15) is 0 Å². The number of rotatable bonds is 4. The van der Waals surface area contributed by atoms with Gasteiger partial charge in [0, 0.05) is 11.1 Å². The van der Waals surface area contributed by atoms with Gasteiger partial charge in [-0.05, 0) is 54.9 Å². The summed E-state index contributed by atoms with van der Waals surface area (Å²) in [5.74, 6) is 2.35. The Hall–Kier alpha value is -0.730. The van der Waals surface area contributed by atoms with Crippen LogP contribution < -0.4 is 10.5 Å². The zero-order valence-electron chi connectivity index (χ0n) is 11.2. The largest absolute Gasteiger partial charge is 0.496 e. The van der Waals surface area contributed by atoms with Gasteiger partial charge in [0.1, 0.15) is 5.75 Å². The van der Waals surface area contributed by atoms with Crippen molar-refractivity contribution in [2.24, 2.45) is 17.6 Å². The first-order chi connectivity index (χ1) is 8.60. The third kappa shape index (κ3) is 3.18. The summed E-state index contributed by atoms with van der Waals surface area (Å²) < 4.78 is 5.37. The van der Waals surface area contributed by atoms with Crippen LogP contribution in [0, 0.1) is 11.8 Å². The maximum atomic E-state index is 6.35. The highest BCUT2D eigenvalue weighted by Crippen LogP contribution is 2.34. The van der Waals surface area contributed by atoms with Crippen LogP contribution in [0.3, 0.4) is 0 Å². The van der Waals surface area contributed by atoms with E-state index in [-0.39, 0.29) is 6.04 Å². The molecule has 0 aromatic heterocycles. The molecular weight excluding hydrogens is 246 g/mol.